The summed E-state index contributed by atoms with van der Waals surface area (Å²) in [7, 11) is -1.13. The zero-order valence-electron chi connectivity index (χ0n) is 16.1. The molecule has 0 radical (unpaired) electrons. The maximum Gasteiger partial charge on any atom is 0.321 e. The highest BCUT2D eigenvalue weighted by Gasteiger charge is 2.17. The largest absolute Gasteiger partial charge is 0.481 e. The molecule has 0 unspecified atom stereocenters. The molecule has 1 aromatic heterocycles. The fourth-order valence-electron chi connectivity index (χ4n) is 2.33. The van der Waals surface area contributed by atoms with Crippen molar-refractivity contribution >= 4 is 27.4 Å². The second-order valence-electron chi connectivity index (χ2n) is 5.92. The molecule has 0 aliphatic rings. The number of amides is 1. The van der Waals surface area contributed by atoms with E-state index in [-0.39, 0.29) is 28.5 Å². The number of anilines is 2. The number of benzene rings is 1. The number of unbranched alkanes of at least 4 members (excludes halogenated alkanes) is 2. The van der Waals surface area contributed by atoms with Crippen LogP contribution in [0.3, 0.4) is 0 Å². The van der Waals surface area contributed by atoms with Crippen molar-refractivity contribution in [1.82, 2.24) is 9.97 Å². The number of nitrogens with one attached hydrogen (secondary N) is 2. The van der Waals surface area contributed by atoms with E-state index in [9.17, 15) is 13.2 Å². The van der Waals surface area contributed by atoms with Crippen LogP contribution in [0.2, 0.25) is 0 Å². The molecule has 0 bridgehead atoms. The van der Waals surface area contributed by atoms with Gasteiger partial charge in [-0.25, -0.2) is 8.42 Å². The molecule has 0 aliphatic carbocycles. The molecule has 0 saturated heterocycles. The fraction of sp³-hybridized carbons (Fsp3) is 0.389. The van der Waals surface area contributed by atoms with Gasteiger partial charge in [-0.3, -0.25) is 9.52 Å². The van der Waals surface area contributed by atoms with Crippen LogP contribution in [0.1, 0.15) is 32.6 Å². The molecule has 2 rings (SSSR count). The van der Waals surface area contributed by atoms with Crippen LogP contribution < -0.4 is 19.5 Å². The summed E-state index contributed by atoms with van der Waals surface area (Å²) in [6.07, 6.45) is 3.29. The molecule has 0 saturated carbocycles. The Kier molecular flexibility index (Phi) is 7.56. The number of rotatable bonds is 10. The topological polar surface area (TPSA) is 120 Å². The molecule has 0 atom stereocenters. The van der Waals surface area contributed by atoms with Crippen molar-refractivity contribution in [3.63, 3.8) is 0 Å². The van der Waals surface area contributed by atoms with E-state index < -0.39 is 10.0 Å². The average Bonchev–Trinajstić information content (AvgIpc) is 2.68. The summed E-state index contributed by atoms with van der Waals surface area (Å²) >= 11 is 0. The Morgan fingerprint density at radius 2 is 1.79 bits per heavy atom. The molecule has 1 heterocycles. The summed E-state index contributed by atoms with van der Waals surface area (Å²) in [5.41, 5.74) is 0.533. The lowest BCUT2D eigenvalue weighted by Gasteiger charge is -2.10. The van der Waals surface area contributed by atoms with E-state index in [1.165, 1.54) is 44.6 Å². The molecule has 1 amide bonds. The lowest BCUT2D eigenvalue weighted by molar-refractivity contribution is -0.116. The van der Waals surface area contributed by atoms with Gasteiger partial charge in [-0.2, -0.15) is 9.97 Å². The summed E-state index contributed by atoms with van der Waals surface area (Å²) in [6, 6.07) is 7.18. The van der Waals surface area contributed by atoms with Gasteiger partial charge in [-0.05, 0) is 30.7 Å². The van der Waals surface area contributed by atoms with Gasteiger partial charge in [0.2, 0.25) is 11.8 Å². The normalized spacial score (nSPS) is 11.0. The Balaban J connectivity index is 2.09. The Bertz CT molecular complexity index is 878. The molecule has 152 valence electrons. The van der Waals surface area contributed by atoms with E-state index in [1.807, 2.05) is 0 Å². The number of hydrogen-bond donors (Lipinski definition) is 2. The predicted octanol–water partition coefficient (Wildman–Crippen LogP) is 2.81. The van der Waals surface area contributed by atoms with E-state index in [4.69, 9.17) is 9.47 Å². The zero-order valence-corrected chi connectivity index (χ0v) is 16.9. The number of aromatic nitrogens is 2. The summed E-state index contributed by atoms with van der Waals surface area (Å²) < 4.78 is 37.4. The van der Waals surface area contributed by atoms with Gasteiger partial charge in [0.1, 0.15) is 0 Å². The summed E-state index contributed by atoms with van der Waals surface area (Å²) in [6.45, 7) is 2.07. The van der Waals surface area contributed by atoms with E-state index >= 15 is 0 Å². The Hall–Kier alpha value is -2.88. The highest BCUT2D eigenvalue weighted by molar-refractivity contribution is 7.92. The van der Waals surface area contributed by atoms with Gasteiger partial charge in [0.25, 0.3) is 10.0 Å². The highest BCUT2D eigenvalue weighted by atomic mass is 32.2. The molecule has 9 nitrogen and oxygen atoms in total. The molecular weight excluding hydrogens is 384 g/mol. The Morgan fingerprint density at radius 3 is 2.39 bits per heavy atom. The number of ether oxygens (including phenoxy) is 2. The second kappa shape index (κ2) is 9.88. The number of sulfonamides is 1. The van der Waals surface area contributed by atoms with Crippen LogP contribution in [0, 0.1) is 0 Å². The lowest BCUT2D eigenvalue weighted by atomic mass is 10.2. The van der Waals surface area contributed by atoms with Crippen LogP contribution in [-0.4, -0.2) is 38.5 Å². The monoisotopic (exact) mass is 408 g/mol. The van der Waals surface area contributed by atoms with Crippen molar-refractivity contribution in [3.05, 3.63) is 30.3 Å². The second-order valence-corrected chi connectivity index (χ2v) is 7.60. The molecule has 0 spiro atoms. The maximum absolute atomic E-state index is 12.6. The molecule has 2 N–H and O–H groups in total. The van der Waals surface area contributed by atoms with Gasteiger partial charge in [0.05, 0.1) is 19.1 Å². The minimum Gasteiger partial charge on any atom is -0.481 e. The zero-order chi connectivity index (χ0) is 20.6. The molecule has 1 aromatic carbocycles. The minimum absolute atomic E-state index is 0.0111. The predicted molar refractivity (Wildman–Crippen MR) is 105 cm³/mol. The first-order chi connectivity index (χ1) is 13.4. The Morgan fingerprint density at radius 1 is 1.07 bits per heavy atom. The first kappa shape index (κ1) is 21.4. The standard InChI is InChI=1S/C18H24N4O5S/c1-4-5-6-7-16(23)19-13-8-10-14(11-9-13)28(24,25)22-15-12-17(26-2)21-18(20-15)27-3/h8-12H,4-7H2,1-3H3,(H,19,23)(H,20,21,22). The van der Waals surface area contributed by atoms with Crippen LogP contribution in [0.5, 0.6) is 11.9 Å². The van der Waals surface area contributed by atoms with Crippen molar-refractivity contribution in [3.8, 4) is 11.9 Å². The van der Waals surface area contributed by atoms with E-state index in [2.05, 4.69) is 26.9 Å². The van der Waals surface area contributed by atoms with E-state index in [1.54, 1.807) is 0 Å². The number of nitrogens with zero attached hydrogens (tertiary/aromatic N) is 2. The summed E-state index contributed by atoms with van der Waals surface area (Å²) in [4.78, 5) is 19.7. The minimum atomic E-state index is -3.89. The fourth-order valence-corrected chi connectivity index (χ4v) is 3.32. The third-order valence-corrected chi connectivity index (χ3v) is 5.14. The van der Waals surface area contributed by atoms with Crippen molar-refractivity contribution < 1.29 is 22.7 Å². The van der Waals surface area contributed by atoms with Crippen LogP contribution in [-0.2, 0) is 14.8 Å². The van der Waals surface area contributed by atoms with Crippen molar-refractivity contribution in [2.75, 3.05) is 24.3 Å². The van der Waals surface area contributed by atoms with Crippen molar-refractivity contribution in [2.24, 2.45) is 0 Å². The number of methoxy groups -OCH3 is 2. The maximum atomic E-state index is 12.6. The van der Waals surface area contributed by atoms with Gasteiger partial charge < -0.3 is 14.8 Å². The Labute approximate surface area is 164 Å². The average molecular weight is 408 g/mol. The SMILES string of the molecule is CCCCCC(=O)Nc1ccc(S(=O)(=O)Nc2cc(OC)nc(OC)n2)cc1. The molecule has 0 fully saturated rings. The first-order valence-electron chi connectivity index (χ1n) is 8.77. The smallest absolute Gasteiger partial charge is 0.321 e. The van der Waals surface area contributed by atoms with Crippen LogP contribution in [0.15, 0.2) is 35.2 Å². The number of carbonyl (C=O) groups is 1. The summed E-state index contributed by atoms with van der Waals surface area (Å²) in [5.74, 6) is 0.0741. The molecule has 10 heteroatoms. The molecule has 2 aromatic rings. The van der Waals surface area contributed by atoms with Gasteiger partial charge in [0, 0.05) is 18.2 Å². The van der Waals surface area contributed by atoms with E-state index in [0.29, 0.717) is 12.1 Å². The molecule has 28 heavy (non-hydrogen) atoms. The van der Waals surface area contributed by atoms with Gasteiger partial charge in [-0.1, -0.05) is 19.8 Å². The quantitative estimate of drug-likeness (QED) is 0.580. The first-order valence-corrected chi connectivity index (χ1v) is 10.3. The van der Waals surface area contributed by atoms with Crippen molar-refractivity contribution in [2.45, 2.75) is 37.5 Å². The molecular formula is C18H24N4O5S. The van der Waals surface area contributed by atoms with Crippen LogP contribution >= 0.6 is 0 Å². The third kappa shape index (κ3) is 6.08. The van der Waals surface area contributed by atoms with Crippen LogP contribution in [0.4, 0.5) is 11.5 Å². The lowest BCUT2D eigenvalue weighted by Crippen LogP contribution is -2.15. The third-order valence-electron chi connectivity index (χ3n) is 3.77. The number of hydrogen-bond acceptors (Lipinski definition) is 7. The highest BCUT2D eigenvalue weighted by Crippen LogP contribution is 2.21. The van der Waals surface area contributed by atoms with Gasteiger partial charge in [0.15, 0.2) is 5.82 Å². The number of carbonyl (C=O) groups excluding carboxylic acids is 1. The van der Waals surface area contributed by atoms with Crippen molar-refractivity contribution in [1.29, 1.82) is 0 Å². The summed E-state index contributed by atoms with van der Waals surface area (Å²) in [5, 5.41) is 2.75. The van der Waals surface area contributed by atoms with Crippen LogP contribution in [0.25, 0.3) is 0 Å². The van der Waals surface area contributed by atoms with E-state index in [0.717, 1.165) is 19.3 Å². The van der Waals surface area contributed by atoms with Gasteiger partial charge in [-0.15, -0.1) is 0 Å². The molecule has 0 aliphatic heterocycles. The van der Waals surface area contributed by atoms with Gasteiger partial charge >= 0.3 is 6.01 Å².